The molecule has 0 amide bonds. The van der Waals surface area contributed by atoms with E-state index < -0.39 is 23.4 Å². The molecule has 0 spiro atoms. The molecule has 0 radical (unpaired) electrons. The van der Waals surface area contributed by atoms with Crippen LogP contribution >= 0.6 is 0 Å². The van der Waals surface area contributed by atoms with Gasteiger partial charge in [-0.1, -0.05) is 24.3 Å². The first-order valence-electron chi connectivity index (χ1n) is 11.5. The molecule has 1 aliphatic carbocycles. The maximum atomic E-state index is 14.8. The number of allylic oxidation sites excluding steroid dienone is 2. The van der Waals surface area contributed by atoms with Gasteiger partial charge in [0.1, 0.15) is 11.6 Å². The van der Waals surface area contributed by atoms with Crippen molar-refractivity contribution in [1.82, 2.24) is 0 Å². The highest BCUT2D eigenvalue weighted by Gasteiger charge is 2.24. The first-order valence-corrected chi connectivity index (χ1v) is 11.5. The normalized spacial score (nSPS) is 18.7. The van der Waals surface area contributed by atoms with E-state index in [1.165, 1.54) is 42.8 Å². The van der Waals surface area contributed by atoms with Gasteiger partial charge in [-0.05, 0) is 105 Å². The molecule has 1 aliphatic rings. The number of hydrogen-bond donors (Lipinski definition) is 0. The Labute approximate surface area is 192 Å². The Morgan fingerprint density at radius 1 is 0.970 bits per heavy atom. The number of carbonyl (C=O) groups is 1. The average Bonchev–Trinajstić information content (AvgIpc) is 2.82. The topological polar surface area (TPSA) is 26.3 Å². The van der Waals surface area contributed by atoms with E-state index in [-0.39, 0.29) is 16.7 Å². The van der Waals surface area contributed by atoms with Crippen LogP contribution in [0.4, 0.5) is 13.2 Å². The van der Waals surface area contributed by atoms with Crippen LogP contribution in [0.5, 0.6) is 5.75 Å². The average molecular weight is 453 g/mol. The summed E-state index contributed by atoms with van der Waals surface area (Å²) in [6.07, 6.45) is 10.9. The second-order valence-electron chi connectivity index (χ2n) is 8.74. The molecule has 1 fully saturated rings. The van der Waals surface area contributed by atoms with Crippen LogP contribution in [0.15, 0.2) is 60.7 Å². The molecular formula is C28H27F3O2. The van der Waals surface area contributed by atoms with Crippen LogP contribution < -0.4 is 4.74 Å². The van der Waals surface area contributed by atoms with Gasteiger partial charge in [0.2, 0.25) is 0 Å². The van der Waals surface area contributed by atoms with Crippen LogP contribution in [0.1, 0.15) is 67.3 Å². The van der Waals surface area contributed by atoms with Gasteiger partial charge in [-0.25, -0.2) is 18.0 Å². The second kappa shape index (κ2) is 10.2. The van der Waals surface area contributed by atoms with Crippen LogP contribution in [-0.4, -0.2) is 5.97 Å². The smallest absolute Gasteiger partial charge is 0.346 e. The van der Waals surface area contributed by atoms with Gasteiger partial charge in [0.15, 0.2) is 11.6 Å². The van der Waals surface area contributed by atoms with Crippen LogP contribution in [0.3, 0.4) is 0 Å². The van der Waals surface area contributed by atoms with Crippen molar-refractivity contribution in [3.05, 3.63) is 89.3 Å². The molecular weight excluding hydrogens is 425 g/mol. The number of hydrogen-bond acceptors (Lipinski definition) is 2. The molecule has 4 rings (SSSR count). The fraction of sp³-hybridized carbons (Fsp3) is 0.321. The van der Waals surface area contributed by atoms with Crippen molar-refractivity contribution in [1.29, 1.82) is 0 Å². The lowest BCUT2D eigenvalue weighted by atomic mass is 9.77. The lowest BCUT2D eigenvalue weighted by Gasteiger charge is -2.28. The Morgan fingerprint density at radius 2 is 1.76 bits per heavy atom. The van der Waals surface area contributed by atoms with Gasteiger partial charge in [-0.2, -0.15) is 0 Å². The van der Waals surface area contributed by atoms with Gasteiger partial charge < -0.3 is 4.74 Å². The minimum absolute atomic E-state index is 0.0851. The zero-order valence-electron chi connectivity index (χ0n) is 18.6. The lowest BCUT2D eigenvalue weighted by molar-refractivity contribution is 0.0730. The highest BCUT2D eigenvalue weighted by molar-refractivity contribution is 5.92. The van der Waals surface area contributed by atoms with Crippen LogP contribution in [-0.2, 0) is 0 Å². The second-order valence-corrected chi connectivity index (χ2v) is 8.74. The van der Waals surface area contributed by atoms with Gasteiger partial charge in [-0.15, -0.1) is 0 Å². The Bertz CT molecular complexity index is 1180. The van der Waals surface area contributed by atoms with E-state index in [1.807, 2.05) is 13.0 Å². The van der Waals surface area contributed by atoms with E-state index in [0.717, 1.165) is 49.7 Å². The summed E-state index contributed by atoms with van der Waals surface area (Å²) in [5, 5.41) is 0.471. The summed E-state index contributed by atoms with van der Waals surface area (Å²) in [5.74, 6) is -2.18. The minimum atomic E-state index is -0.959. The largest absolute Gasteiger partial charge is 0.423 e. The molecule has 0 N–H and O–H groups in total. The van der Waals surface area contributed by atoms with Crippen molar-refractivity contribution in [2.75, 3.05) is 0 Å². The summed E-state index contributed by atoms with van der Waals surface area (Å²) < 4.78 is 47.3. The maximum absolute atomic E-state index is 14.8. The Kier molecular flexibility index (Phi) is 7.17. The summed E-state index contributed by atoms with van der Waals surface area (Å²) in [4.78, 5) is 12.5. The zero-order valence-corrected chi connectivity index (χ0v) is 18.6. The Balaban J connectivity index is 1.41. The molecule has 33 heavy (non-hydrogen) atoms. The monoisotopic (exact) mass is 452 g/mol. The van der Waals surface area contributed by atoms with Crippen LogP contribution in [0.25, 0.3) is 10.8 Å². The van der Waals surface area contributed by atoms with E-state index in [1.54, 1.807) is 0 Å². The maximum Gasteiger partial charge on any atom is 0.346 e. The summed E-state index contributed by atoms with van der Waals surface area (Å²) in [5.41, 5.74) is 0.767. The summed E-state index contributed by atoms with van der Waals surface area (Å²) in [6, 6.07) is 11.3. The third-order valence-corrected chi connectivity index (χ3v) is 6.60. The van der Waals surface area contributed by atoms with Gasteiger partial charge in [0.05, 0.1) is 5.56 Å². The van der Waals surface area contributed by atoms with E-state index in [4.69, 9.17) is 4.74 Å². The van der Waals surface area contributed by atoms with Gasteiger partial charge in [0.25, 0.3) is 0 Å². The Hall–Kier alpha value is -3.08. The Morgan fingerprint density at radius 3 is 2.48 bits per heavy atom. The first-order chi connectivity index (χ1) is 16.0. The molecule has 0 saturated heterocycles. The van der Waals surface area contributed by atoms with E-state index in [9.17, 15) is 18.0 Å². The highest BCUT2D eigenvalue weighted by Crippen LogP contribution is 2.38. The summed E-state index contributed by atoms with van der Waals surface area (Å²) in [6.45, 7) is 2.04. The minimum Gasteiger partial charge on any atom is -0.423 e. The van der Waals surface area contributed by atoms with Crippen molar-refractivity contribution < 1.29 is 22.7 Å². The molecule has 3 aromatic rings. The molecule has 0 unspecified atom stereocenters. The SMILES string of the molecule is C/C=C/CCC1CCC(c2ccc(C(=O)Oc3ccc4c(F)c(F)ccc4c3)c(F)c2)CC1. The number of ether oxygens (including phenoxy) is 1. The number of carbonyl (C=O) groups excluding carboxylic acids is 1. The van der Waals surface area contributed by atoms with Crippen molar-refractivity contribution in [2.45, 2.75) is 51.4 Å². The molecule has 0 aliphatic heterocycles. The molecule has 5 heteroatoms. The highest BCUT2D eigenvalue weighted by atomic mass is 19.2. The number of rotatable bonds is 6. The van der Waals surface area contributed by atoms with E-state index in [0.29, 0.717) is 11.3 Å². The molecule has 172 valence electrons. The quantitative estimate of drug-likeness (QED) is 0.214. The molecule has 0 heterocycles. The predicted octanol–water partition coefficient (Wildman–Crippen LogP) is 8.11. The molecule has 0 aromatic heterocycles. The molecule has 0 bridgehead atoms. The van der Waals surface area contributed by atoms with Gasteiger partial charge >= 0.3 is 5.97 Å². The van der Waals surface area contributed by atoms with Crippen molar-refractivity contribution in [2.24, 2.45) is 5.92 Å². The third-order valence-electron chi connectivity index (χ3n) is 6.60. The first kappa shape index (κ1) is 23.1. The van der Waals surface area contributed by atoms with Gasteiger partial charge in [0, 0.05) is 5.39 Å². The summed E-state index contributed by atoms with van der Waals surface area (Å²) in [7, 11) is 0. The fourth-order valence-corrected chi connectivity index (χ4v) is 4.70. The number of fused-ring (bicyclic) bond motifs is 1. The van der Waals surface area contributed by atoms with Crippen molar-refractivity contribution >= 4 is 16.7 Å². The van der Waals surface area contributed by atoms with Crippen LogP contribution in [0, 0.1) is 23.4 Å². The number of esters is 1. The predicted molar refractivity (Wildman–Crippen MR) is 124 cm³/mol. The molecule has 1 saturated carbocycles. The summed E-state index contributed by atoms with van der Waals surface area (Å²) >= 11 is 0. The molecule has 0 atom stereocenters. The van der Waals surface area contributed by atoms with Crippen molar-refractivity contribution in [3.63, 3.8) is 0 Å². The standard InChI is InChI=1S/C28H27F3O2/c1-2-3-4-5-18-6-8-19(9-7-18)20-10-13-24(26(30)17-20)28(32)33-22-12-14-23-21(16-22)11-15-25(29)27(23)31/h2-3,10-19H,4-9H2,1H3/b3-2+. The number of benzene rings is 3. The number of halogens is 3. The van der Waals surface area contributed by atoms with Crippen LogP contribution in [0.2, 0.25) is 0 Å². The molecule has 3 aromatic carbocycles. The third kappa shape index (κ3) is 5.29. The fourth-order valence-electron chi connectivity index (χ4n) is 4.70. The van der Waals surface area contributed by atoms with Crippen molar-refractivity contribution in [3.8, 4) is 5.75 Å². The van der Waals surface area contributed by atoms with E-state index in [2.05, 4.69) is 12.2 Å². The van der Waals surface area contributed by atoms with Gasteiger partial charge in [-0.3, -0.25) is 0 Å². The lowest BCUT2D eigenvalue weighted by Crippen LogP contribution is -2.15. The van der Waals surface area contributed by atoms with E-state index >= 15 is 0 Å². The molecule has 2 nitrogen and oxygen atoms in total. The zero-order chi connectivity index (χ0) is 23.4.